The maximum atomic E-state index is 11.7. The predicted molar refractivity (Wildman–Crippen MR) is 82.8 cm³/mol. The van der Waals surface area contributed by atoms with Crippen molar-refractivity contribution in [2.75, 3.05) is 24.3 Å². The van der Waals surface area contributed by atoms with Gasteiger partial charge in [-0.25, -0.2) is 0 Å². The van der Waals surface area contributed by atoms with Crippen LogP contribution >= 0.6 is 11.3 Å². The third-order valence-corrected chi connectivity index (χ3v) is 3.43. The zero-order valence-electron chi connectivity index (χ0n) is 11.0. The molecule has 1 aromatic carbocycles. The van der Waals surface area contributed by atoms with E-state index in [1.54, 1.807) is 17.4 Å². The summed E-state index contributed by atoms with van der Waals surface area (Å²) in [7, 11) is 3.97. The molecule has 1 amide bonds. The zero-order valence-corrected chi connectivity index (χ0v) is 11.8. The van der Waals surface area contributed by atoms with E-state index in [9.17, 15) is 4.79 Å². The smallest absolute Gasteiger partial charge is 0.248 e. The van der Waals surface area contributed by atoms with Crippen LogP contribution in [0.25, 0.3) is 6.08 Å². The highest BCUT2D eigenvalue weighted by Crippen LogP contribution is 2.16. The van der Waals surface area contributed by atoms with Gasteiger partial charge in [0.25, 0.3) is 0 Å². The summed E-state index contributed by atoms with van der Waals surface area (Å²) in [4.78, 5) is 14.8. The van der Waals surface area contributed by atoms with Gasteiger partial charge in [0.2, 0.25) is 5.91 Å². The fourth-order valence-electron chi connectivity index (χ4n) is 1.57. The van der Waals surface area contributed by atoms with Crippen LogP contribution in [0.15, 0.2) is 47.9 Å². The van der Waals surface area contributed by atoms with Crippen LogP contribution in [0, 0.1) is 0 Å². The van der Waals surface area contributed by atoms with Crippen LogP contribution in [0.2, 0.25) is 0 Å². The molecular weight excluding hydrogens is 256 g/mol. The quantitative estimate of drug-likeness (QED) is 0.864. The van der Waals surface area contributed by atoms with Crippen molar-refractivity contribution < 1.29 is 4.79 Å². The first-order valence-electron chi connectivity index (χ1n) is 5.95. The van der Waals surface area contributed by atoms with Gasteiger partial charge in [-0.2, -0.15) is 0 Å². The summed E-state index contributed by atoms with van der Waals surface area (Å²) in [6.07, 6.45) is 3.36. The van der Waals surface area contributed by atoms with Crippen molar-refractivity contribution in [1.29, 1.82) is 0 Å². The van der Waals surface area contributed by atoms with Gasteiger partial charge in [-0.3, -0.25) is 4.79 Å². The number of hydrogen-bond donors (Lipinski definition) is 1. The molecule has 0 atom stereocenters. The first kappa shape index (κ1) is 13.4. The van der Waals surface area contributed by atoms with Gasteiger partial charge in [0, 0.05) is 36.4 Å². The molecular formula is C15H16N2OS. The van der Waals surface area contributed by atoms with E-state index in [1.165, 1.54) is 0 Å². The minimum Gasteiger partial charge on any atom is -0.378 e. The minimum atomic E-state index is -0.119. The highest BCUT2D eigenvalue weighted by molar-refractivity contribution is 7.10. The second kappa shape index (κ2) is 6.20. The van der Waals surface area contributed by atoms with E-state index in [1.807, 2.05) is 66.8 Å². The monoisotopic (exact) mass is 272 g/mol. The third-order valence-electron chi connectivity index (χ3n) is 2.59. The Morgan fingerprint density at radius 3 is 2.53 bits per heavy atom. The summed E-state index contributed by atoms with van der Waals surface area (Å²) in [6, 6.07) is 11.7. The lowest BCUT2D eigenvalue weighted by Gasteiger charge is -2.12. The van der Waals surface area contributed by atoms with E-state index in [4.69, 9.17) is 0 Å². The molecule has 0 spiro atoms. The summed E-state index contributed by atoms with van der Waals surface area (Å²) >= 11 is 1.60. The van der Waals surface area contributed by atoms with Gasteiger partial charge in [-0.05, 0) is 41.8 Å². The highest BCUT2D eigenvalue weighted by Gasteiger charge is 1.99. The molecule has 0 aliphatic heterocycles. The number of benzene rings is 1. The van der Waals surface area contributed by atoms with Gasteiger partial charge in [0.05, 0.1) is 0 Å². The normalized spacial score (nSPS) is 10.6. The number of amides is 1. The van der Waals surface area contributed by atoms with E-state index in [0.717, 1.165) is 16.3 Å². The third kappa shape index (κ3) is 3.96. The highest BCUT2D eigenvalue weighted by atomic mass is 32.1. The Labute approximate surface area is 117 Å². The maximum Gasteiger partial charge on any atom is 0.248 e. The second-order valence-electron chi connectivity index (χ2n) is 4.28. The number of nitrogens with one attached hydrogen (secondary N) is 1. The summed E-state index contributed by atoms with van der Waals surface area (Å²) in [6.45, 7) is 0. The average molecular weight is 272 g/mol. The standard InChI is InChI=1S/C15H16N2OS/c1-17(2)13-7-5-12(6-8-13)16-15(18)10-9-14-4-3-11-19-14/h3-11H,1-2H3,(H,16,18)/b10-9+. The predicted octanol–water partition coefficient (Wildman–Crippen LogP) is 3.47. The SMILES string of the molecule is CN(C)c1ccc(NC(=O)/C=C/c2cccs2)cc1. The van der Waals surface area contributed by atoms with Crippen LogP contribution in [0.5, 0.6) is 0 Å². The molecule has 19 heavy (non-hydrogen) atoms. The Kier molecular flexibility index (Phi) is 4.36. The number of rotatable bonds is 4. The van der Waals surface area contributed by atoms with Crippen molar-refractivity contribution in [3.63, 3.8) is 0 Å². The number of carbonyl (C=O) groups excluding carboxylic acids is 1. The van der Waals surface area contributed by atoms with Crippen molar-refractivity contribution in [2.24, 2.45) is 0 Å². The molecule has 98 valence electrons. The number of hydrogen-bond acceptors (Lipinski definition) is 3. The van der Waals surface area contributed by atoms with Gasteiger partial charge in [0.15, 0.2) is 0 Å². The molecule has 2 rings (SSSR count). The summed E-state index contributed by atoms with van der Waals surface area (Å²) in [5.41, 5.74) is 1.90. The fraction of sp³-hybridized carbons (Fsp3) is 0.133. The molecule has 1 heterocycles. The van der Waals surface area contributed by atoms with Crippen LogP contribution < -0.4 is 10.2 Å². The first-order valence-corrected chi connectivity index (χ1v) is 6.83. The lowest BCUT2D eigenvalue weighted by molar-refractivity contribution is -0.111. The second-order valence-corrected chi connectivity index (χ2v) is 5.26. The van der Waals surface area contributed by atoms with Crippen molar-refractivity contribution in [1.82, 2.24) is 0 Å². The zero-order chi connectivity index (χ0) is 13.7. The number of nitrogens with zero attached hydrogens (tertiary/aromatic N) is 1. The molecule has 0 unspecified atom stereocenters. The molecule has 2 aromatic rings. The summed E-state index contributed by atoms with van der Waals surface area (Å²) < 4.78 is 0. The molecule has 1 N–H and O–H groups in total. The molecule has 0 saturated carbocycles. The van der Waals surface area contributed by atoms with Gasteiger partial charge in [0.1, 0.15) is 0 Å². The molecule has 0 aliphatic rings. The van der Waals surface area contributed by atoms with Gasteiger partial charge >= 0.3 is 0 Å². The maximum absolute atomic E-state index is 11.7. The molecule has 0 aliphatic carbocycles. The van der Waals surface area contributed by atoms with E-state index in [-0.39, 0.29) is 5.91 Å². The summed E-state index contributed by atoms with van der Waals surface area (Å²) in [5.74, 6) is -0.119. The Morgan fingerprint density at radius 1 is 1.21 bits per heavy atom. The van der Waals surface area contributed by atoms with Gasteiger partial charge in [-0.1, -0.05) is 6.07 Å². The van der Waals surface area contributed by atoms with Crippen molar-refractivity contribution >= 4 is 34.7 Å². The molecule has 0 fully saturated rings. The average Bonchev–Trinajstić information content (AvgIpc) is 2.90. The topological polar surface area (TPSA) is 32.3 Å². The number of thiophene rings is 1. The molecule has 4 heteroatoms. The molecule has 0 bridgehead atoms. The fourth-order valence-corrected chi connectivity index (χ4v) is 2.19. The van der Waals surface area contributed by atoms with Gasteiger partial charge in [-0.15, -0.1) is 11.3 Å². The van der Waals surface area contributed by atoms with E-state index < -0.39 is 0 Å². The van der Waals surface area contributed by atoms with Crippen LogP contribution in [-0.2, 0) is 4.79 Å². The van der Waals surface area contributed by atoms with Gasteiger partial charge < -0.3 is 10.2 Å². The molecule has 1 aromatic heterocycles. The molecule has 0 radical (unpaired) electrons. The lowest BCUT2D eigenvalue weighted by Crippen LogP contribution is -2.10. The Bertz CT molecular complexity index is 556. The largest absolute Gasteiger partial charge is 0.378 e. The van der Waals surface area contributed by atoms with Crippen LogP contribution in [0.1, 0.15) is 4.88 Å². The first-order chi connectivity index (χ1) is 9.15. The van der Waals surface area contributed by atoms with Crippen molar-refractivity contribution in [3.8, 4) is 0 Å². The van der Waals surface area contributed by atoms with Crippen molar-refractivity contribution in [2.45, 2.75) is 0 Å². The minimum absolute atomic E-state index is 0.119. The van der Waals surface area contributed by atoms with Crippen LogP contribution in [0.4, 0.5) is 11.4 Å². The number of carbonyl (C=O) groups is 1. The Balaban J connectivity index is 1.95. The summed E-state index contributed by atoms with van der Waals surface area (Å²) in [5, 5.41) is 4.81. The van der Waals surface area contributed by atoms with E-state index in [2.05, 4.69) is 5.32 Å². The van der Waals surface area contributed by atoms with Crippen LogP contribution in [-0.4, -0.2) is 20.0 Å². The van der Waals surface area contributed by atoms with Crippen molar-refractivity contribution in [3.05, 3.63) is 52.7 Å². The Morgan fingerprint density at radius 2 is 1.95 bits per heavy atom. The lowest BCUT2D eigenvalue weighted by atomic mass is 10.2. The van der Waals surface area contributed by atoms with E-state index in [0.29, 0.717) is 0 Å². The molecule has 3 nitrogen and oxygen atoms in total. The molecule has 0 saturated heterocycles. The van der Waals surface area contributed by atoms with E-state index >= 15 is 0 Å². The van der Waals surface area contributed by atoms with Crippen LogP contribution in [0.3, 0.4) is 0 Å². The number of anilines is 2. The Hall–Kier alpha value is -2.07.